The van der Waals surface area contributed by atoms with E-state index >= 15 is 0 Å². The van der Waals surface area contributed by atoms with Crippen molar-refractivity contribution in [2.45, 2.75) is 12.6 Å². The van der Waals surface area contributed by atoms with E-state index < -0.39 is 0 Å². The summed E-state index contributed by atoms with van der Waals surface area (Å²) >= 11 is 4.81. The summed E-state index contributed by atoms with van der Waals surface area (Å²) in [4.78, 5) is 1.20. The first-order valence-corrected chi connectivity index (χ1v) is 7.19. The lowest BCUT2D eigenvalue weighted by Gasteiger charge is -2.16. The quantitative estimate of drug-likeness (QED) is 0.880. The Balaban J connectivity index is 2.05. The minimum atomic E-state index is -0.298. The average molecular weight is 330 g/mol. The lowest BCUT2D eigenvalue weighted by molar-refractivity contribution is 0.244. The third-order valence-electron chi connectivity index (χ3n) is 2.63. The average Bonchev–Trinajstić information content (AvgIpc) is 2.87. The minimum absolute atomic E-state index is 0.0244. The molecule has 2 nitrogen and oxygen atoms in total. The summed E-state index contributed by atoms with van der Waals surface area (Å²) in [7, 11) is 0. The van der Waals surface area contributed by atoms with Gasteiger partial charge in [0.05, 0.1) is 17.1 Å². The van der Waals surface area contributed by atoms with E-state index in [0.29, 0.717) is 11.0 Å². The zero-order valence-electron chi connectivity index (χ0n) is 9.57. The van der Waals surface area contributed by atoms with Crippen molar-refractivity contribution >= 4 is 27.3 Å². The van der Waals surface area contributed by atoms with Gasteiger partial charge in [-0.3, -0.25) is 0 Å². The van der Waals surface area contributed by atoms with Crippen LogP contribution in [0.15, 0.2) is 40.2 Å². The van der Waals surface area contributed by atoms with Crippen LogP contribution in [0.3, 0.4) is 0 Å². The van der Waals surface area contributed by atoms with E-state index in [-0.39, 0.29) is 18.5 Å². The molecule has 1 unspecified atom stereocenters. The fraction of sp³-hybridized carbons (Fsp3) is 0.231. The maximum atomic E-state index is 13.1. The summed E-state index contributed by atoms with van der Waals surface area (Å²) in [5.74, 6) is -0.298. The van der Waals surface area contributed by atoms with Crippen molar-refractivity contribution in [1.29, 1.82) is 0 Å². The van der Waals surface area contributed by atoms with Gasteiger partial charge in [-0.2, -0.15) is 0 Å². The SMILES string of the molecule is OCC(NCc1cccs1)c1ccc(F)c(Br)c1. The summed E-state index contributed by atoms with van der Waals surface area (Å²) in [6.07, 6.45) is 0. The van der Waals surface area contributed by atoms with Crippen molar-refractivity contribution in [3.63, 3.8) is 0 Å². The van der Waals surface area contributed by atoms with Crippen molar-refractivity contribution in [3.05, 3.63) is 56.4 Å². The van der Waals surface area contributed by atoms with Gasteiger partial charge < -0.3 is 10.4 Å². The van der Waals surface area contributed by atoms with Crippen LogP contribution in [0.5, 0.6) is 0 Å². The second-order valence-corrected chi connectivity index (χ2v) is 5.76. The van der Waals surface area contributed by atoms with Gasteiger partial charge in [-0.1, -0.05) is 12.1 Å². The van der Waals surface area contributed by atoms with Gasteiger partial charge in [-0.15, -0.1) is 11.3 Å². The van der Waals surface area contributed by atoms with E-state index in [1.807, 2.05) is 17.5 Å². The van der Waals surface area contributed by atoms with Gasteiger partial charge in [0.1, 0.15) is 5.82 Å². The van der Waals surface area contributed by atoms with E-state index in [0.717, 1.165) is 5.56 Å². The molecule has 2 aromatic rings. The maximum Gasteiger partial charge on any atom is 0.137 e. The summed E-state index contributed by atoms with van der Waals surface area (Å²) in [5.41, 5.74) is 0.863. The first kappa shape index (κ1) is 13.7. The van der Waals surface area contributed by atoms with Gasteiger partial charge in [-0.25, -0.2) is 4.39 Å². The number of aliphatic hydroxyl groups excluding tert-OH is 1. The molecule has 1 aromatic carbocycles. The molecule has 0 saturated carbocycles. The van der Waals surface area contributed by atoms with Gasteiger partial charge in [0, 0.05) is 11.4 Å². The molecule has 5 heteroatoms. The lowest BCUT2D eigenvalue weighted by atomic mass is 10.1. The number of halogens is 2. The van der Waals surface area contributed by atoms with Crippen LogP contribution in [0.25, 0.3) is 0 Å². The molecular formula is C13H13BrFNOS. The monoisotopic (exact) mass is 329 g/mol. The van der Waals surface area contributed by atoms with Gasteiger partial charge in [-0.05, 0) is 45.1 Å². The predicted octanol–water partition coefficient (Wildman–Crippen LogP) is 3.47. The third kappa shape index (κ3) is 3.38. The van der Waals surface area contributed by atoms with Crippen LogP contribution >= 0.6 is 27.3 Å². The summed E-state index contributed by atoms with van der Waals surface area (Å²) in [5, 5.41) is 14.7. The van der Waals surface area contributed by atoms with E-state index in [1.165, 1.54) is 10.9 Å². The molecule has 0 bridgehead atoms. The van der Waals surface area contributed by atoms with Crippen molar-refractivity contribution in [2.24, 2.45) is 0 Å². The molecule has 0 spiro atoms. The number of nitrogens with one attached hydrogen (secondary N) is 1. The Hall–Kier alpha value is -0.750. The normalized spacial score (nSPS) is 12.6. The molecule has 96 valence electrons. The van der Waals surface area contributed by atoms with Gasteiger partial charge in [0.25, 0.3) is 0 Å². The molecule has 0 radical (unpaired) electrons. The zero-order chi connectivity index (χ0) is 13.0. The maximum absolute atomic E-state index is 13.1. The summed E-state index contributed by atoms with van der Waals surface area (Å²) in [6, 6.07) is 8.61. The van der Waals surface area contributed by atoms with Crippen molar-refractivity contribution in [3.8, 4) is 0 Å². The summed E-state index contributed by atoms with van der Waals surface area (Å²) in [6.45, 7) is 0.668. The van der Waals surface area contributed by atoms with E-state index in [2.05, 4.69) is 21.2 Å². The van der Waals surface area contributed by atoms with Crippen LogP contribution in [-0.4, -0.2) is 11.7 Å². The smallest absolute Gasteiger partial charge is 0.137 e. The third-order valence-corrected chi connectivity index (χ3v) is 4.12. The van der Waals surface area contributed by atoms with Crippen LogP contribution in [0, 0.1) is 5.82 Å². The Morgan fingerprint density at radius 3 is 2.83 bits per heavy atom. The van der Waals surface area contributed by atoms with Crippen LogP contribution in [-0.2, 0) is 6.54 Å². The number of rotatable bonds is 5. The minimum Gasteiger partial charge on any atom is -0.394 e. The first-order chi connectivity index (χ1) is 8.70. The summed E-state index contributed by atoms with van der Waals surface area (Å²) < 4.78 is 13.6. The highest BCUT2D eigenvalue weighted by molar-refractivity contribution is 9.10. The lowest BCUT2D eigenvalue weighted by Crippen LogP contribution is -2.23. The molecule has 0 amide bonds. The molecule has 18 heavy (non-hydrogen) atoms. The highest BCUT2D eigenvalue weighted by Crippen LogP contribution is 2.22. The Morgan fingerprint density at radius 1 is 1.39 bits per heavy atom. The number of benzene rings is 1. The van der Waals surface area contributed by atoms with Crippen LogP contribution in [0.1, 0.15) is 16.5 Å². The van der Waals surface area contributed by atoms with Crippen molar-refractivity contribution < 1.29 is 9.50 Å². The molecule has 0 saturated heterocycles. The van der Waals surface area contributed by atoms with Gasteiger partial charge in [0.15, 0.2) is 0 Å². The van der Waals surface area contributed by atoms with Crippen LogP contribution < -0.4 is 5.32 Å². The Labute approximate surface area is 118 Å². The van der Waals surface area contributed by atoms with Crippen molar-refractivity contribution in [1.82, 2.24) is 5.32 Å². The number of hydrogen-bond donors (Lipinski definition) is 2. The molecular weight excluding hydrogens is 317 g/mol. The number of aliphatic hydroxyl groups is 1. The van der Waals surface area contributed by atoms with Gasteiger partial charge >= 0.3 is 0 Å². The fourth-order valence-corrected chi connectivity index (χ4v) is 2.71. The van der Waals surface area contributed by atoms with Crippen molar-refractivity contribution in [2.75, 3.05) is 6.61 Å². The van der Waals surface area contributed by atoms with E-state index in [1.54, 1.807) is 23.5 Å². The Morgan fingerprint density at radius 2 is 2.22 bits per heavy atom. The Kier molecular flexibility index (Phi) is 4.88. The molecule has 0 aliphatic carbocycles. The molecule has 0 aliphatic heterocycles. The molecule has 2 N–H and O–H groups in total. The molecule has 2 rings (SSSR count). The second-order valence-electron chi connectivity index (χ2n) is 3.87. The predicted molar refractivity (Wildman–Crippen MR) is 75.1 cm³/mol. The fourth-order valence-electron chi connectivity index (χ4n) is 1.65. The molecule has 0 fully saturated rings. The Bertz CT molecular complexity index is 504. The van der Waals surface area contributed by atoms with E-state index in [9.17, 15) is 9.50 Å². The zero-order valence-corrected chi connectivity index (χ0v) is 12.0. The van der Waals surface area contributed by atoms with Gasteiger partial charge in [0.2, 0.25) is 0 Å². The molecule has 0 aliphatic rings. The first-order valence-electron chi connectivity index (χ1n) is 5.52. The number of thiophene rings is 1. The molecule has 1 atom stereocenters. The number of hydrogen-bond acceptors (Lipinski definition) is 3. The topological polar surface area (TPSA) is 32.3 Å². The van der Waals surface area contributed by atoms with Crippen LogP contribution in [0.4, 0.5) is 4.39 Å². The largest absolute Gasteiger partial charge is 0.394 e. The second kappa shape index (κ2) is 6.43. The standard InChI is InChI=1S/C13H13BrFNOS/c14-11-6-9(3-4-12(11)15)13(8-17)16-7-10-2-1-5-18-10/h1-6,13,16-17H,7-8H2. The molecule has 1 heterocycles. The highest BCUT2D eigenvalue weighted by Gasteiger charge is 2.11. The van der Waals surface area contributed by atoms with E-state index in [4.69, 9.17) is 0 Å². The molecule has 1 aromatic heterocycles. The highest BCUT2D eigenvalue weighted by atomic mass is 79.9. The van der Waals surface area contributed by atoms with Crippen LogP contribution in [0.2, 0.25) is 0 Å².